The van der Waals surface area contributed by atoms with Crippen LogP contribution in [0.5, 0.6) is 5.75 Å². The first kappa shape index (κ1) is 18.2. The highest BCUT2D eigenvalue weighted by Crippen LogP contribution is 2.16. The van der Waals surface area contributed by atoms with Crippen molar-refractivity contribution < 1.29 is 18.3 Å². The molecular weight excluding hydrogens is 356 g/mol. The second-order valence-electron chi connectivity index (χ2n) is 5.68. The molecule has 0 unspecified atom stereocenters. The van der Waals surface area contributed by atoms with E-state index in [1.54, 1.807) is 13.0 Å². The Kier molecular flexibility index (Phi) is 4.98. The molecule has 0 radical (unpaired) electrons. The topological polar surface area (TPSA) is 73.2 Å². The van der Waals surface area contributed by atoms with Gasteiger partial charge in [0.05, 0.1) is 19.0 Å². The molecule has 1 N–H and O–H groups in total. The van der Waals surface area contributed by atoms with E-state index in [1.165, 1.54) is 31.6 Å². The first-order chi connectivity index (χ1) is 12.9. The van der Waals surface area contributed by atoms with E-state index in [2.05, 4.69) is 10.3 Å². The van der Waals surface area contributed by atoms with Crippen molar-refractivity contribution in [1.29, 1.82) is 0 Å². The van der Waals surface area contributed by atoms with E-state index in [9.17, 15) is 18.4 Å². The number of aryl methyl sites for hydroxylation is 1. The molecule has 27 heavy (non-hydrogen) atoms. The minimum atomic E-state index is -0.787. The van der Waals surface area contributed by atoms with Crippen LogP contribution >= 0.6 is 0 Å². The normalized spacial score (nSPS) is 10.5. The Morgan fingerprint density at radius 2 is 1.96 bits per heavy atom. The smallest absolute Gasteiger partial charge is 0.268 e. The zero-order valence-electron chi connectivity index (χ0n) is 14.5. The third kappa shape index (κ3) is 3.69. The van der Waals surface area contributed by atoms with Gasteiger partial charge in [0.2, 0.25) is 0 Å². The van der Waals surface area contributed by atoms with E-state index >= 15 is 0 Å². The molecule has 1 amide bonds. The van der Waals surface area contributed by atoms with Gasteiger partial charge in [0.15, 0.2) is 0 Å². The third-order valence-electron chi connectivity index (χ3n) is 3.91. The first-order valence-corrected chi connectivity index (χ1v) is 7.90. The Morgan fingerprint density at radius 3 is 2.63 bits per heavy atom. The quantitative estimate of drug-likeness (QED) is 0.765. The highest BCUT2D eigenvalue weighted by Gasteiger charge is 2.18. The van der Waals surface area contributed by atoms with E-state index in [0.29, 0.717) is 11.3 Å². The molecule has 2 aromatic heterocycles. The van der Waals surface area contributed by atoms with Crippen LogP contribution in [0, 0.1) is 18.6 Å². The number of anilines is 1. The van der Waals surface area contributed by atoms with Crippen LogP contribution in [0.2, 0.25) is 0 Å². The number of aromatic nitrogens is 2. The summed E-state index contributed by atoms with van der Waals surface area (Å²) in [5.74, 6) is -1.47. The molecule has 2 heterocycles. The number of methoxy groups -OCH3 is 1. The minimum absolute atomic E-state index is 0.196. The monoisotopic (exact) mass is 371 g/mol. The Balaban J connectivity index is 2.01. The van der Waals surface area contributed by atoms with Crippen molar-refractivity contribution >= 4 is 11.7 Å². The van der Waals surface area contributed by atoms with Crippen LogP contribution in [0.15, 0.2) is 53.6 Å². The fourth-order valence-electron chi connectivity index (χ4n) is 2.52. The highest BCUT2D eigenvalue weighted by molar-refractivity contribution is 6.04. The van der Waals surface area contributed by atoms with E-state index in [1.807, 2.05) is 0 Å². The number of benzene rings is 1. The maximum absolute atomic E-state index is 14.0. The molecule has 0 aliphatic heterocycles. The maximum atomic E-state index is 14.0. The van der Waals surface area contributed by atoms with Crippen molar-refractivity contribution in [2.24, 2.45) is 0 Å². The Morgan fingerprint density at radius 1 is 1.19 bits per heavy atom. The van der Waals surface area contributed by atoms with E-state index in [0.717, 1.165) is 22.8 Å². The summed E-state index contributed by atoms with van der Waals surface area (Å²) in [6, 6.07) is 7.33. The van der Waals surface area contributed by atoms with E-state index < -0.39 is 23.1 Å². The largest absolute Gasteiger partial charge is 0.495 e. The maximum Gasteiger partial charge on any atom is 0.268 e. The number of carbonyl (C=O) groups excluding carboxylic acids is 1. The van der Waals surface area contributed by atoms with Gasteiger partial charge in [-0.2, -0.15) is 0 Å². The summed E-state index contributed by atoms with van der Waals surface area (Å²) in [7, 11) is 1.48. The highest BCUT2D eigenvalue weighted by atomic mass is 19.1. The summed E-state index contributed by atoms with van der Waals surface area (Å²) >= 11 is 0. The van der Waals surface area contributed by atoms with Gasteiger partial charge in [0.1, 0.15) is 28.8 Å². The number of rotatable bonds is 4. The van der Waals surface area contributed by atoms with Gasteiger partial charge in [0, 0.05) is 12.3 Å². The zero-order chi connectivity index (χ0) is 19.6. The van der Waals surface area contributed by atoms with Gasteiger partial charge in [-0.3, -0.25) is 14.2 Å². The SMILES string of the molecule is COc1ccc(NC(=O)c2c(C)ccn(-c3cc(F)ccc3F)c2=O)nc1. The third-order valence-corrected chi connectivity index (χ3v) is 3.91. The number of halogens is 2. The summed E-state index contributed by atoms with van der Waals surface area (Å²) < 4.78 is 33.4. The lowest BCUT2D eigenvalue weighted by Gasteiger charge is -2.12. The van der Waals surface area contributed by atoms with Crippen LogP contribution < -0.4 is 15.6 Å². The van der Waals surface area contributed by atoms with Crippen molar-refractivity contribution in [3.8, 4) is 11.4 Å². The molecule has 8 heteroatoms. The number of nitrogens with zero attached hydrogens (tertiary/aromatic N) is 2. The van der Waals surface area contributed by atoms with Gasteiger partial charge in [-0.15, -0.1) is 0 Å². The second-order valence-corrected chi connectivity index (χ2v) is 5.68. The van der Waals surface area contributed by atoms with Crippen LogP contribution in [0.3, 0.4) is 0 Å². The first-order valence-electron chi connectivity index (χ1n) is 7.90. The predicted molar refractivity (Wildman–Crippen MR) is 95.4 cm³/mol. The lowest BCUT2D eigenvalue weighted by molar-refractivity contribution is 0.102. The predicted octanol–water partition coefficient (Wildman–Crippen LogP) is 3.08. The molecule has 0 saturated heterocycles. The lowest BCUT2D eigenvalue weighted by atomic mass is 10.1. The summed E-state index contributed by atoms with van der Waals surface area (Å²) in [6.45, 7) is 1.57. The van der Waals surface area contributed by atoms with Crippen molar-refractivity contribution in [2.45, 2.75) is 6.92 Å². The van der Waals surface area contributed by atoms with Crippen molar-refractivity contribution in [3.05, 3.63) is 81.9 Å². The van der Waals surface area contributed by atoms with Crippen molar-refractivity contribution in [2.75, 3.05) is 12.4 Å². The lowest BCUT2D eigenvalue weighted by Crippen LogP contribution is -2.30. The van der Waals surface area contributed by atoms with Gasteiger partial charge < -0.3 is 10.1 Å². The zero-order valence-corrected chi connectivity index (χ0v) is 14.5. The molecule has 0 spiro atoms. The van der Waals surface area contributed by atoms with Gasteiger partial charge in [-0.05, 0) is 42.8 Å². The summed E-state index contributed by atoms with van der Waals surface area (Å²) in [5.41, 5.74) is -0.861. The Bertz CT molecular complexity index is 1060. The molecule has 0 atom stereocenters. The number of hydrogen-bond acceptors (Lipinski definition) is 4. The number of amides is 1. The molecule has 3 rings (SSSR count). The Hall–Kier alpha value is -3.55. The fourth-order valence-corrected chi connectivity index (χ4v) is 2.52. The minimum Gasteiger partial charge on any atom is -0.495 e. The molecule has 0 aliphatic carbocycles. The van der Waals surface area contributed by atoms with E-state index in [4.69, 9.17) is 4.74 Å². The van der Waals surface area contributed by atoms with Gasteiger partial charge in [0.25, 0.3) is 11.5 Å². The summed E-state index contributed by atoms with van der Waals surface area (Å²) in [5, 5.41) is 2.51. The van der Waals surface area contributed by atoms with Gasteiger partial charge in [-0.25, -0.2) is 13.8 Å². The standard InChI is InChI=1S/C19H15F2N3O3/c1-11-7-8-24(15-9-12(20)3-5-14(15)21)19(26)17(11)18(25)23-16-6-4-13(27-2)10-22-16/h3-10H,1-2H3,(H,22,23,25). The number of nitrogens with one attached hydrogen (secondary N) is 1. The van der Waals surface area contributed by atoms with Crippen molar-refractivity contribution in [3.63, 3.8) is 0 Å². The molecule has 0 bridgehead atoms. The van der Waals surface area contributed by atoms with Crippen LogP contribution in [-0.4, -0.2) is 22.6 Å². The van der Waals surface area contributed by atoms with E-state index in [-0.39, 0.29) is 17.1 Å². The van der Waals surface area contributed by atoms with Crippen LogP contribution in [0.1, 0.15) is 15.9 Å². The molecule has 6 nitrogen and oxygen atoms in total. The van der Waals surface area contributed by atoms with Gasteiger partial charge in [-0.1, -0.05) is 0 Å². The number of ether oxygens (including phenoxy) is 1. The molecule has 1 aromatic carbocycles. The molecule has 138 valence electrons. The fraction of sp³-hybridized carbons (Fsp3) is 0.105. The average molecular weight is 371 g/mol. The average Bonchev–Trinajstić information content (AvgIpc) is 2.65. The number of hydrogen-bond donors (Lipinski definition) is 1. The second kappa shape index (κ2) is 7.36. The summed E-state index contributed by atoms with van der Waals surface area (Å²) in [4.78, 5) is 29.3. The number of pyridine rings is 2. The molecular formula is C19H15F2N3O3. The van der Waals surface area contributed by atoms with Crippen LogP contribution in [0.25, 0.3) is 5.69 Å². The van der Waals surface area contributed by atoms with Crippen LogP contribution in [0.4, 0.5) is 14.6 Å². The molecule has 0 saturated carbocycles. The Labute approximate surface area is 153 Å². The van der Waals surface area contributed by atoms with Gasteiger partial charge >= 0.3 is 0 Å². The molecule has 3 aromatic rings. The number of carbonyl (C=O) groups is 1. The molecule has 0 aliphatic rings. The molecule has 0 fully saturated rings. The summed E-state index contributed by atoms with van der Waals surface area (Å²) in [6.07, 6.45) is 2.70. The van der Waals surface area contributed by atoms with Crippen LogP contribution in [-0.2, 0) is 0 Å². The van der Waals surface area contributed by atoms with Crippen molar-refractivity contribution in [1.82, 2.24) is 9.55 Å².